The topological polar surface area (TPSA) is 84.9 Å². The number of nitrogens with one attached hydrogen (secondary N) is 1. The number of rotatable bonds is 10. The van der Waals surface area contributed by atoms with Gasteiger partial charge >= 0.3 is 0 Å². The van der Waals surface area contributed by atoms with Gasteiger partial charge in [0.05, 0.1) is 23.1 Å². The Morgan fingerprint density at radius 1 is 1.00 bits per heavy atom. The van der Waals surface area contributed by atoms with Crippen LogP contribution in [0.3, 0.4) is 0 Å². The Morgan fingerprint density at radius 3 is 2.33 bits per heavy atom. The Labute approximate surface area is 198 Å². The summed E-state index contributed by atoms with van der Waals surface area (Å²) in [7, 11) is -2.58. The molecule has 33 heavy (non-hydrogen) atoms. The van der Waals surface area contributed by atoms with Crippen LogP contribution in [-0.2, 0) is 21.4 Å². The molecular weight excluding hydrogens is 464 g/mol. The van der Waals surface area contributed by atoms with Crippen LogP contribution in [0.1, 0.15) is 12.5 Å². The van der Waals surface area contributed by atoms with Gasteiger partial charge in [-0.05, 0) is 55.0 Å². The summed E-state index contributed by atoms with van der Waals surface area (Å²) in [5, 5.41) is 2.87. The monoisotopic (exact) mass is 488 g/mol. The summed E-state index contributed by atoms with van der Waals surface area (Å²) in [6.45, 7) is 2.29. The number of likely N-dealkylation sites (N-methyl/N-ethyl adjacent to an activating group) is 1. The van der Waals surface area contributed by atoms with Crippen molar-refractivity contribution < 1.29 is 22.7 Å². The summed E-state index contributed by atoms with van der Waals surface area (Å²) in [5.74, 6) is 0.578. The van der Waals surface area contributed by atoms with E-state index in [4.69, 9.17) is 21.1 Å². The van der Waals surface area contributed by atoms with E-state index in [-0.39, 0.29) is 16.5 Å². The summed E-state index contributed by atoms with van der Waals surface area (Å²) < 4.78 is 37.6. The van der Waals surface area contributed by atoms with E-state index in [9.17, 15) is 13.2 Å². The molecular formula is C24H25ClN2O5S. The molecule has 0 unspecified atom stereocenters. The largest absolute Gasteiger partial charge is 0.492 e. The molecule has 174 valence electrons. The van der Waals surface area contributed by atoms with Crippen LogP contribution in [0.2, 0.25) is 5.02 Å². The van der Waals surface area contributed by atoms with E-state index in [2.05, 4.69) is 5.32 Å². The molecule has 9 heteroatoms. The highest BCUT2D eigenvalue weighted by molar-refractivity contribution is 7.89. The molecule has 3 aromatic carbocycles. The van der Waals surface area contributed by atoms with E-state index in [0.717, 1.165) is 9.87 Å². The van der Waals surface area contributed by atoms with Crippen molar-refractivity contribution >= 4 is 33.2 Å². The Bertz CT molecular complexity index is 1190. The molecule has 0 radical (unpaired) electrons. The van der Waals surface area contributed by atoms with Gasteiger partial charge in [-0.2, -0.15) is 4.31 Å². The maximum absolute atomic E-state index is 12.8. The molecule has 3 aromatic rings. The van der Waals surface area contributed by atoms with Crippen LogP contribution >= 0.6 is 11.6 Å². The zero-order valence-corrected chi connectivity index (χ0v) is 19.9. The molecule has 0 aliphatic rings. The summed E-state index contributed by atoms with van der Waals surface area (Å²) >= 11 is 6.10. The highest BCUT2D eigenvalue weighted by Crippen LogP contribution is 2.28. The van der Waals surface area contributed by atoms with Gasteiger partial charge in [0.1, 0.15) is 18.1 Å². The molecule has 0 aliphatic carbocycles. The van der Waals surface area contributed by atoms with Gasteiger partial charge in [0.15, 0.2) is 0 Å². The van der Waals surface area contributed by atoms with Gasteiger partial charge in [0.25, 0.3) is 0 Å². The number of carbonyl (C=O) groups is 1. The predicted molar refractivity (Wildman–Crippen MR) is 128 cm³/mol. The Balaban J connectivity index is 1.56. The first-order chi connectivity index (χ1) is 15.8. The zero-order chi connectivity index (χ0) is 23.8. The molecule has 0 saturated carbocycles. The first-order valence-corrected chi connectivity index (χ1v) is 12.1. The first kappa shape index (κ1) is 24.6. The quantitative estimate of drug-likeness (QED) is 0.451. The van der Waals surface area contributed by atoms with Gasteiger partial charge in [0.2, 0.25) is 15.9 Å². The molecule has 0 spiro atoms. The maximum Gasteiger partial charge on any atom is 0.243 e. The van der Waals surface area contributed by atoms with E-state index >= 15 is 0 Å². The number of sulfonamides is 1. The van der Waals surface area contributed by atoms with E-state index < -0.39 is 15.9 Å². The second kappa shape index (κ2) is 11.2. The minimum absolute atomic E-state index is 0.0221. The molecule has 0 fully saturated rings. The number of anilines is 1. The van der Waals surface area contributed by atoms with E-state index in [1.165, 1.54) is 25.2 Å². The minimum Gasteiger partial charge on any atom is -0.492 e. The fourth-order valence-electron chi connectivity index (χ4n) is 2.96. The number of benzene rings is 3. The molecule has 0 heterocycles. The van der Waals surface area contributed by atoms with Crippen molar-refractivity contribution in [3.05, 3.63) is 83.4 Å². The molecule has 0 saturated heterocycles. The number of hydrogen-bond donors (Lipinski definition) is 1. The van der Waals surface area contributed by atoms with Crippen molar-refractivity contribution in [2.24, 2.45) is 0 Å². The van der Waals surface area contributed by atoms with Crippen molar-refractivity contribution in [1.29, 1.82) is 0 Å². The minimum atomic E-state index is -3.91. The van der Waals surface area contributed by atoms with Crippen molar-refractivity contribution in [3.8, 4) is 11.5 Å². The number of hydrogen-bond acceptors (Lipinski definition) is 5. The molecule has 0 aromatic heterocycles. The van der Waals surface area contributed by atoms with Gasteiger partial charge in [-0.1, -0.05) is 41.9 Å². The summed E-state index contributed by atoms with van der Waals surface area (Å²) in [6.07, 6.45) is 0. The third kappa shape index (κ3) is 6.71. The number of ether oxygens (including phenoxy) is 2. The summed E-state index contributed by atoms with van der Waals surface area (Å²) in [4.78, 5) is 12.4. The standard InChI is InChI=1S/C24H25ClN2O5S/c1-3-31-23-14-13-21(15-22(23)25)33(29,30)27(2)16-24(28)26-19-9-11-20(12-10-19)32-17-18-7-5-4-6-8-18/h4-15H,3,16-17H2,1-2H3,(H,26,28). The Morgan fingerprint density at radius 2 is 1.70 bits per heavy atom. The van der Waals surface area contributed by atoms with Gasteiger partial charge in [-0.15, -0.1) is 0 Å². The van der Waals surface area contributed by atoms with E-state index in [1.54, 1.807) is 31.2 Å². The number of nitrogens with zero attached hydrogens (tertiary/aromatic N) is 1. The fraction of sp³-hybridized carbons (Fsp3) is 0.208. The molecule has 0 aliphatic heterocycles. The molecule has 1 N–H and O–H groups in total. The summed E-state index contributed by atoms with van der Waals surface area (Å²) in [5.41, 5.74) is 1.58. The third-order valence-corrected chi connectivity index (χ3v) is 6.76. The molecule has 3 rings (SSSR count). The van der Waals surface area contributed by atoms with Crippen LogP contribution in [0.25, 0.3) is 0 Å². The lowest BCUT2D eigenvalue weighted by atomic mass is 10.2. The van der Waals surface area contributed by atoms with Gasteiger partial charge in [0, 0.05) is 12.7 Å². The third-order valence-electron chi connectivity index (χ3n) is 4.66. The lowest BCUT2D eigenvalue weighted by Gasteiger charge is -2.17. The number of carbonyl (C=O) groups excluding carboxylic acids is 1. The number of halogens is 1. The van der Waals surface area contributed by atoms with Crippen LogP contribution in [-0.4, -0.2) is 38.8 Å². The van der Waals surface area contributed by atoms with Crippen LogP contribution in [0, 0.1) is 0 Å². The average Bonchev–Trinajstić information content (AvgIpc) is 2.80. The lowest BCUT2D eigenvalue weighted by Crippen LogP contribution is -2.35. The first-order valence-electron chi connectivity index (χ1n) is 10.2. The Hall–Kier alpha value is -3.07. The highest BCUT2D eigenvalue weighted by Gasteiger charge is 2.24. The van der Waals surface area contributed by atoms with Crippen molar-refractivity contribution in [2.45, 2.75) is 18.4 Å². The van der Waals surface area contributed by atoms with Crippen LogP contribution in [0.15, 0.2) is 77.7 Å². The van der Waals surface area contributed by atoms with Gasteiger partial charge in [-0.25, -0.2) is 8.42 Å². The van der Waals surface area contributed by atoms with Crippen molar-refractivity contribution in [3.63, 3.8) is 0 Å². The predicted octanol–water partition coefficient (Wildman–Crippen LogP) is 4.58. The average molecular weight is 489 g/mol. The van der Waals surface area contributed by atoms with Crippen molar-refractivity contribution in [2.75, 3.05) is 25.5 Å². The number of amides is 1. The Kier molecular flexibility index (Phi) is 8.32. The molecule has 1 amide bonds. The molecule has 0 atom stereocenters. The second-order valence-corrected chi connectivity index (χ2v) is 9.59. The van der Waals surface area contributed by atoms with E-state index in [0.29, 0.717) is 30.4 Å². The second-order valence-electron chi connectivity index (χ2n) is 7.13. The lowest BCUT2D eigenvalue weighted by molar-refractivity contribution is -0.116. The summed E-state index contributed by atoms with van der Waals surface area (Å²) in [6, 6.07) is 20.8. The van der Waals surface area contributed by atoms with Crippen LogP contribution in [0.5, 0.6) is 11.5 Å². The zero-order valence-electron chi connectivity index (χ0n) is 18.3. The highest BCUT2D eigenvalue weighted by atomic mass is 35.5. The smallest absolute Gasteiger partial charge is 0.243 e. The van der Waals surface area contributed by atoms with Gasteiger partial charge < -0.3 is 14.8 Å². The van der Waals surface area contributed by atoms with Crippen molar-refractivity contribution in [1.82, 2.24) is 4.31 Å². The fourth-order valence-corrected chi connectivity index (χ4v) is 4.41. The molecule has 0 bridgehead atoms. The molecule has 7 nitrogen and oxygen atoms in total. The van der Waals surface area contributed by atoms with E-state index in [1.807, 2.05) is 30.3 Å². The van der Waals surface area contributed by atoms with Crippen LogP contribution < -0.4 is 14.8 Å². The maximum atomic E-state index is 12.8. The van der Waals surface area contributed by atoms with Gasteiger partial charge in [-0.3, -0.25) is 4.79 Å². The SMILES string of the molecule is CCOc1ccc(S(=O)(=O)N(C)CC(=O)Nc2ccc(OCc3ccccc3)cc2)cc1Cl. The van der Waals surface area contributed by atoms with Crippen LogP contribution in [0.4, 0.5) is 5.69 Å². The normalized spacial score (nSPS) is 11.3.